The lowest BCUT2D eigenvalue weighted by Gasteiger charge is -2.06. The molecule has 0 atom stereocenters. The molecule has 3 heterocycles. The Morgan fingerprint density at radius 1 is 1.37 bits per heavy atom. The minimum absolute atomic E-state index is 0.191. The second kappa shape index (κ2) is 4.52. The van der Waals surface area contributed by atoms with Gasteiger partial charge in [-0.3, -0.25) is 4.98 Å². The van der Waals surface area contributed by atoms with Crippen molar-refractivity contribution in [2.75, 3.05) is 12.4 Å². The fourth-order valence-corrected chi connectivity index (χ4v) is 1.94. The first-order chi connectivity index (χ1) is 9.29. The molecule has 0 saturated carbocycles. The molecule has 0 saturated heterocycles. The molecule has 7 heteroatoms. The minimum Gasteiger partial charge on any atom is -0.373 e. The smallest absolute Gasteiger partial charge is 0.350 e. The van der Waals surface area contributed by atoms with E-state index in [1.807, 2.05) is 12.1 Å². The third-order valence-electron chi connectivity index (χ3n) is 2.84. The Labute approximate surface area is 108 Å². The van der Waals surface area contributed by atoms with E-state index in [0.29, 0.717) is 12.2 Å². The van der Waals surface area contributed by atoms with E-state index in [9.17, 15) is 4.79 Å². The molecule has 96 valence electrons. The third kappa shape index (κ3) is 1.95. The van der Waals surface area contributed by atoms with Gasteiger partial charge in [0.1, 0.15) is 5.82 Å². The summed E-state index contributed by atoms with van der Waals surface area (Å²) >= 11 is 0. The lowest BCUT2D eigenvalue weighted by atomic mass is 10.2. The first-order valence-corrected chi connectivity index (χ1v) is 5.80. The van der Waals surface area contributed by atoms with Crippen molar-refractivity contribution in [3.05, 3.63) is 53.0 Å². The van der Waals surface area contributed by atoms with Crippen LogP contribution in [0.3, 0.4) is 0 Å². The highest BCUT2D eigenvalue weighted by molar-refractivity contribution is 5.43. The summed E-state index contributed by atoms with van der Waals surface area (Å²) in [7, 11) is 1.79. The highest BCUT2D eigenvalue weighted by atomic mass is 16.2. The lowest BCUT2D eigenvalue weighted by molar-refractivity contribution is 0.658. The normalized spacial score (nSPS) is 10.8. The second-order valence-electron chi connectivity index (χ2n) is 4.01. The van der Waals surface area contributed by atoms with E-state index in [1.54, 1.807) is 31.8 Å². The summed E-state index contributed by atoms with van der Waals surface area (Å²) in [6, 6.07) is 3.74. The Hall–Kier alpha value is -2.70. The number of aromatic nitrogens is 5. The number of pyridine rings is 1. The maximum Gasteiger partial charge on any atom is 0.350 e. The van der Waals surface area contributed by atoms with Crippen LogP contribution in [0.15, 0.2) is 41.7 Å². The van der Waals surface area contributed by atoms with Gasteiger partial charge in [0.15, 0.2) is 5.65 Å². The van der Waals surface area contributed by atoms with Crippen LogP contribution in [0.4, 0.5) is 5.82 Å². The molecule has 0 amide bonds. The lowest BCUT2D eigenvalue weighted by Crippen LogP contribution is -2.22. The molecule has 7 nitrogen and oxygen atoms in total. The predicted octanol–water partition coefficient (Wildman–Crippen LogP) is 0.376. The van der Waals surface area contributed by atoms with Gasteiger partial charge < -0.3 is 5.32 Å². The molecule has 3 aromatic rings. The van der Waals surface area contributed by atoms with Crippen molar-refractivity contribution in [3.63, 3.8) is 0 Å². The maximum atomic E-state index is 12.1. The van der Waals surface area contributed by atoms with Gasteiger partial charge in [0.05, 0.1) is 12.7 Å². The number of anilines is 1. The van der Waals surface area contributed by atoms with Crippen molar-refractivity contribution < 1.29 is 0 Å². The number of hydrogen-bond donors (Lipinski definition) is 1. The van der Waals surface area contributed by atoms with Crippen LogP contribution in [-0.4, -0.2) is 31.2 Å². The van der Waals surface area contributed by atoms with Crippen molar-refractivity contribution >= 4 is 11.5 Å². The molecule has 3 aromatic heterocycles. The van der Waals surface area contributed by atoms with Crippen LogP contribution in [-0.2, 0) is 6.54 Å². The molecule has 0 fully saturated rings. The van der Waals surface area contributed by atoms with Crippen LogP contribution in [0, 0.1) is 0 Å². The zero-order valence-electron chi connectivity index (χ0n) is 10.3. The zero-order chi connectivity index (χ0) is 13.2. The molecule has 0 aliphatic rings. The van der Waals surface area contributed by atoms with Crippen LogP contribution in [0.1, 0.15) is 5.56 Å². The molecule has 0 unspecified atom stereocenters. The molecule has 0 aliphatic carbocycles. The van der Waals surface area contributed by atoms with E-state index in [0.717, 1.165) is 11.4 Å². The van der Waals surface area contributed by atoms with E-state index in [1.165, 1.54) is 9.08 Å². The topological polar surface area (TPSA) is 77.1 Å². The number of rotatable bonds is 3. The van der Waals surface area contributed by atoms with Crippen LogP contribution in [0.25, 0.3) is 5.65 Å². The molecule has 0 aromatic carbocycles. The predicted molar refractivity (Wildman–Crippen MR) is 70.1 cm³/mol. The molecule has 0 radical (unpaired) electrons. The van der Waals surface area contributed by atoms with E-state index < -0.39 is 0 Å². The molecular weight excluding hydrogens is 244 g/mol. The number of fused-ring (bicyclic) bond motifs is 1. The molecule has 0 aliphatic heterocycles. The first kappa shape index (κ1) is 11.4. The average Bonchev–Trinajstić information content (AvgIpc) is 2.77. The molecule has 0 bridgehead atoms. The highest BCUT2D eigenvalue weighted by Crippen LogP contribution is 2.11. The van der Waals surface area contributed by atoms with Crippen LogP contribution < -0.4 is 11.0 Å². The minimum atomic E-state index is -0.191. The van der Waals surface area contributed by atoms with Gasteiger partial charge in [0.2, 0.25) is 0 Å². The Morgan fingerprint density at radius 2 is 2.26 bits per heavy atom. The summed E-state index contributed by atoms with van der Waals surface area (Å²) in [6.45, 7) is 0.366. The van der Waals surface area contributed by atoms with Crippen molar-refractivity contribution in [1.82, 2.24) is 24.1 Å². The standard InChI is InChI=1S/C12H12N6O/c1-13-11-9(3-2-4-15-11)8-18-12(19)17-6-5-14-7-10(17)16-18/h2-7H,8H2,1H3,(H,13,15). The Bertz CT molecular complexity index is 775. The van der Waals surface area contributed by atoms with Gasteiger partial charge in [0, 0.05) is 31.2 Å². The zero-order valence-corrected chi connectivity index (χ0v) is 10.3. The van der Waals surface area contributed by atoms with E-state index in [2.05, 4.69) is 20.4 Å². The van der Waals surface area contributed by atoms with Crippen molar-refractivity contribution in [1.29, 1.82) is 0 Å². The average molecular weight is 256 g/mol. The Kier molecular flexibility index (Phi) is 2.71. The summed E-state index contributed by atoms with van der Waals surface area (Å²) in [5, 5.41) is 7.23. The summed E-state index contributed by atoms with van der Waals surface area (Å²) in [5.74, 6) is 0.740. The maximum absolute atomic E-state index is 12.1. The van der Waals surface area contributed by atoms with Gasteiger partial charge in [-0.2, -0.15) is 0 Å². The summed E-state index contributed by atoms with van der Waals surface area (Å²) < 4.78 is 2.86. The van der Waals surface area contributed by atoms with Crippen LogP contribution in [0.2, 0.25) is 0 Å². The van der Waals surface area contributed by atoms with Gasteiger partial charge in [-0.25, -0.2) is 18.9 Å². The van der Waals surface area contributed by atoms with Gasteiger partial charge in [-0.05, 0) is 6.07 Å². The largest absolute Gasteiger partial charge is 0.373 e. The second-order valence-corrected chi connectivity index (χ2v) is 4.01. The monoisotopic (exact) mass is 256 g/mol. The van der Waals surface area contributed by atoms with Gasteiger partial charge >= 0.3 is 5.69 Å². The molecule has 0 spiro atoms. The summed E-state index contributed by atoms with van der Waals surface area (Å²) in [5.41, 5.74) is 1.24. The third-order valence-corrected chi connectivity index (χ3v) is 2.84. The van der Waals surface area contributed by atoms with Gasteiger partial charge in [-0.15, -0.1) is 5.10 Å². The van der Waals surface area contributed by atoms with Crippen LogP contribution in [0.5, 0.6) is 0 Å². The number of hydrogen-bond acceptors (Lipinski definition) is 5. The molecule has 3 rings (SSSR count). The Balaban J connectivity index is 2.06. The highest BCUT2D eigenvalue weighted by Gasteiger charge is 2.09. The molecule has 1 N–H and O–H groups in total. The van der Waals surface area contributed by atoms with E-state index >= 15 is 0 Å². The summed E-state index contributed by atoms with van der Waals surface area (Å²) in [6.07, 6.45) is 6.42. The van der Waals surface area contributed by atoms with E-state index in [-0.39, 0.29) is 5.69 Å². The van der Waals surface area contributed by atoms with Crippen LogP contribution >= 0.6 is 0 Å². The summed E-state index contributed by atoms with van der Waals surface area (Å²) in [4.78, 5) is 20.3. The number of nitrogens with zero attached hydrogens (tertiary/aromatic N) is 5. The fourth-order valence-electron chi connectivity index (χ4n) is 1.94. The van der Waals surface area contributed by atoms with Crippen molar-refractivity contribution in [2.45, 2.75) is 6.54 Å². The van der Waals surface area contributed by atoms with Crippen molar-refractivity contribution in [2.24, 2.45) is 0 Å². The SMILES string of the molecule is CNc1ncccc1Cn1nc2cnccn2c1=O. The molecule has 19 heavy (non-hydrogen) atoms. The quantitative estimate of drug-likeness (QED) is 0.733. The fraction of sp³-hybridized carbons (Fsp3) is 0.167. The Morgan fingerprint density at radius 3 is 3.05 bits per heavy atom. The van der Waals surface area contributed by atoms with Gasteiger partial charge in [0.25, 0.3) is 0 Å². The first-order valence-electron chi connectivity index (χ1n) is 5.80. The van der Waals surface area contributed by atoms with E-state index in [4.69, 9.17) is 0 Å². The molecular formula is C12H12N6O. The van der Waals surface area contributed by atoms with Gasteiger partial charge in [-0.1, -0.05) is 6.07 Å². The number of nitrogens with one attached hydrogen (secondary N) is 1. The van der Waals surface area contributed by atoms with Crippen molar-refractivity contribution in [3.8, 4) is 0 Å².